The van der Waals surface area contributed by atoms with Gasteiger partial charge in [-0.25, -0.2) is 0 Å². The SMILES string of the molecule is COc1cc(/C=C2/SC(=S)N(NC(=O)c3ccc(OCc4ccccc4)cc3)C2=O)ccc1OCCC(=O)O. The molecule has 2 N–H and O–H groups in total. The largest absolute Gasteiger partial charge is 0.493 e. The number of thioether (sulfide) groups is 1. The third kappa shape index (κ3) is 7.37. The van der Waals surface area contributed by atoms with Crippen LogP contribution in [0.1, 0.15) is 27.9 Å². The zero-order valence-electron chi connectivity index (χ0n) is 20.8. The Morgan fingerprint density at radius 2 is 1.77 bits per heavy atom. The molecule has 2 amide bonds. The summed E-state index contributed by atoms with van der Waals surface area (Å²) in [7, 11) is 1.46. The maximum absolute atomic E-state index is 13.0. The molecule has 0 spiro atoms. The summed E-state index contributed by atoms with van der Waals surface area (Å²) in [6.45, 7) is 0.397. The second-order valence-electron chi connectivity index (χ2n) is 8.16. The molecule has 39 heavy (non-hydrogen) atoms. The second-order valence-corrected chi connectivity index (χ2v) is 9.83. The van der Waals surface area contributed by atoms with Crippen molar-refractivity contribution in [2.75, 3.05) is 13.7 Å². The topological polar surface area (TPSA) is 114 Å². The lowest BCUT2D eigenvalue weighted by atomic mass is 10.2. The number of nitrogens with one attached hydrogen (secondary N) is 1. The minimum absolute atomic E-state index is 0.00711. The molecule has 3 aromatic rings. The van der Waals surface area contributed by atoms with Gasteiger partial charge in [0.2, 0.25) is 0 Å². The number of carboxylic acids is 1. The summed E-state index contributed by atoms with van der Waals surface area (Å²) in [5.74, 6) is -0.558. The predicted molar refractivity (Wildman–Crippen MR) is 150 cm³/mol. The monoisotopic (exact) mass is 564 g/mol. The van der Waals surface area contributed by atoms with Gasteiger partial charge in [0.25, 0.3) is 11.8 Å². The molecule has 1 saturated heterocycles. The molecular formula is C28H24N2O7S2. The molecule has 0 aliphatic carbocycles. The highest BCUT2D eigenvalue weighted by Gasteiger charge is 2.33. The quantitative estimate of drug-likeness (QED) is 0.253. The van der Waals surface area contributed by atoms with Crippen molar-refractivity contribution in [1.82, 2.24) is 10.4 Å². The van der Waals surface area contributed by atoms with Gasteiger partial charge < -0.3 is 19.3 Å². The number of hydrazine groups is 1. The van der Waals surface area contributed by atoms with Gasteiger partial charge in [0, 0.05) is 5.56 Å². The Morgan fingerprint density at radius 3 is 2.46 bits per heavy atom. The first-order valence-electron chi connectivity index (χ1n) is 11.7. The van der Waals surface area contributed by atoms with Gasteiger partial charge in [-0.15, -0.1) is 0 Å². The Balaban J connectivity index is 1.37. The number of hydrogen-bond acceptors (Lipinski definition) is 8. The number of methoxy groups -OCH3 is 1. The van der Waals surface area contributed by atoms with Gasteiger partial charge in [-0.3, -0.25) is 19.8 Å². The van der Waals surface area contributed by atoms with Gasteiger partial charge in [0.05, 0.1) is 25.0 Å². The van der Waals surface area contributed by atoms with Crippen LogP contribution in [0.4, 0.5) is 0 Å². The van der Waals surface area contributed by atoms with Gasteiger partial charge in [0.15, 0.2) is 15.8 Å². The number of nitrogens with zero attached hydrogens (tertiary/aromatic N) is 1. The van der Waals surface area contributed by atoms with E-state index in [-0.39, 0.29) is 17.3 Å². The molecule has 3 aromatic carbocycles. The Kier molecular flexibility index (Phi) is 9.18. The molecule has 0 saturated carbocycles. The molecule has 1 aliphatic rings. The number of aliphatic carboxylic acids is 1. The molecule has 4 rings (SSSR count). The van der Waals surface area contributed by atoms with Gasteiger partial charge >= 0.3 is 5.97 Å². The van der Waals surface area contributed by atoms with E-state index in [4.69, 9.17) is 31.5 Å². The van der Waals surface area contributed by atoms with E-state index in [1.807, 2.05) is 30.3 Å². The summed E-state index contributed by atoms with van der Waals surface area (Å²) >= 11 is 6.37. The van der Waals surface area contributed by atoms with Crippen LogP contribution in [-0.2, 0) is 16.2 Å². The van der Waals surface area contributed by atoms with E-state index in [1.54, 1.807) is 48.5 Å². The van der Waals surface area contributed by atoms with Crippen LogP contribution in [0.5, 0.6) is 17.2 Å². The summed E-state index contributed by atoms with van der Waals surface area (Å²) in [5.41, 5.74) is 4.56. The fourth-order valence-electron chi connectivity index (χ4n) is 3.47. The normalized spacial score (nSPS) is 13.9. The zero-order chi connectivity index (χ0) is 27.8. The summed E-state index contributed by atoms with van der Waals surface area (Å²) < 4.78 is 16.7. The van der Waals surface area contributed by atoms with Crippen LogP contribution < -0.4 is 19.6 Å². The Labute approximate surface area is 234 Å². The first kappa shape index (κ1) is 27.7. The molecular weight excluding hydrogens is 540 g/mol. The van der Waals surface area contributed by atoms with Crippen molar-refractivity contribution >= 4 is 52.2 Å². The highest BCUT2D eigenvalue weighted by Crippen LogP contribution is 2.34. The first-order valence-corrected chi connectivity index (χ1v) is 12.9. The maximum Gasteiger partial charge on any atom is 0.306 e. The van der Waals surface area contributed by atoms with Gasteiger partial charge in [0.1, 0.15) is 12.4 Å². The van der Waals surface area contributed by atoms with Crippen LogP contribution in [0.15, 0.2) is 77.7 Å². The third-order valence-corrected chi connectivity index (χ3v) is 6.73. The van der Waals surface area contributed by atoms with E-state index >= 15 is 0 Å². The molecule has 11 heteroatoms. The number of carbonyl (C=O) groups is 3. The van der Waals surface area contributed by atoms with E-state index in [2.05, 4.69) is 5.43 Å². The highest BCUT2D eigenvalue weighted by molar-refractivity contribution is 8.26. The third-order valence-electron chi connectivity index (χ3n) is 5.43. The summed E-state index contributed by atoms with van der Waals surface area (Å²) in [4.78, 5) is 36.8. The molecule has 0 atom stereocenters. The molecule has 0 unspecified atom stereocenters. The minimum Gasteiger partial charge on any atom is -0.493 e. The number of benzene rings is 3. The lowest BCUT2D eigenvalue weighted by Crippen LogP contribution is -2.44. The molecule has 9 nitrogen and oxygen atoms in total. The summed E-state index contributed by atoms with van der Waals surface area (Å²) in [5, 5.41) is 9.81. The molecule has 1 fully saturated rings. The second kappa shape index (κ2) is 12.9. The standard InChI is InChI=1S/C28H24N2O7S2/c1-35-23-15-19(7-12-22(23)36-14-13-25(31)32)16-24-27(34)30(28(38)39-24)29-26(33)20-8-10-21(11-9-20)37-17-18-5-3-2-4-6-18/h2-12,15-16H,13-14,17H2,1H3,(H,29,33)(H,31,32)/b24-16+. The lowest BCUT2D eigenvalue weighted by molar-refractivity contribution is -0.137. The fourth-order valence-corrected chi connectivity index (χ4v) is 4.65. The van der Waals surface area contributed by atoms with E-state index < -0.39 is 17.8 Å². The Morgan fingerprint density at radius 1 is 1.03 bits per heavy atom. The smallest absolute Gasteiger partial charge is 0.306 e. The number of thiocarbonyl (C=S) groups is 1. The van der Waals surface area contributed by atoms with Crippen molar-refractivity contribution < 1.29 is 33.7 Å². The van der Waals surface area contributed by atoms with Crippen LogP contribution in [0.25, 0.3) is 6.08 Å². The van der Waals surface area contributed by atoms with Crippen molar-refractivity contribution in [3.05, 3.63) is 94.4 Å². The number of amides is 2. The van der Waals surface area contributed by atoms with E-state index in [0.29, 0.717) is 39.9 Å². The van der Waals surface area contributed by atoms with Crippen molar-refractivity contribution in [3.8, 4) is 17.2 Å². The summed E-state index contributed by atoms with van der Waals surface area (Å²) in [6, 6.07) is 21.3. The molecule has 200 valence electrons. The highest BCUT2D eigenvalue weighted by atomic mass is 32.2. The maximum atomic E-state index is 13.0. The van der Waals surface area contributed by atoms with Gasteiger partial charge in [-0.1, -0.05) is 48.2 Å². The number of hydrogen-bond donors (Lipinski definition) is 2. The van der Waals surface area contributed by atoms with Crippen molar-refractivity contribution in [2.24, 2.45) is 0 Å². The van der Waals surface area contributed by atoms with E-state index in [9.17, 15) is 14.4 Å². The number of ether oxygens (including phenoxy) is 3. The van der Waals surface area contributed by atoms with Crippen molar-refractivity contribution in [2.45, 2.75) is 13.0 Å². The molecule has 1 heterocycles. The number of carboxylic acid groups (broad SMARTS) is 1. The Hall–Kier alpha value is -4.35. The van der Waals surface area contributed by atoms with Crippen LogP contribution in [0.2, 0.25) is 0 Å². The van der Waals surface area contributed by atoms with E-state index in [0.717, 1.165) is 22.3 Å². The van der Waals surface area contributed by atoms with Gasteiger partial charge in [-0.05, 0) is 65.8 Å². The van der Waals surface area contributed by atoms with Crippen LogP contribution in [0.3, 0.4) is 0 Å². The molecule has 0 aromatic heterocycles. The van der Waals surface area contributed by atoms with Crippen LogP contribution in [0, 0.1) is 0 Å². The molecule has 0 bridgehead atoms. The van der Waals surface area contributed by atoms with E-state index in [1.165, 1.54) is 7.11 Å². The number of rotatable bonds is 11. The lowest BCUT2D eigenvalue weighted by Gasteiger charge is -2.16. The van der Waals surface area contributed by atoms with Crippen molar-refractivity contribution in [3.63, 3.8) is 0 Å². The average molecular weight is 565 g/mol. The minimum atomic E-state index is -0.968. The van der Waals surface area contributed by atoms with Crippen LogP contribution >= 0.6 is 24.0 Å². The predicted octanol–water partition coefficient (Wildman–Crippen LogP) is 4.67. The first-order chi connectivity index (χ1) is 18.8. The average Bonchev–Trinajstić information content (AvgIpc) is 3.20. The zero-order valence-corrected chi connectivity index (χ0v) is 22.4. The van der Waals surface area contributed by atoms with Crippen LogP contribution in [-0.4, -0.2) is 45.9 Å². The summed E-state index contributed by atoms with van der Waals surface area (Å²) in [6.07, 6.45) is 1.47. The Bertz CT molecular complexity index is 1410. The molecule has 0 radical (unpaired) electrons. The molecule has 1 aliphatic heterocycles. The van der Waals surface area contributed by atoms with Crippen molar-refractivity contribution in [1.29, 1.82) is 0 Å². The van der Waals surface area contributed by atoms with Gasteiger partial charge in [-0.2, -0.15) is 5.01 Å². The fraction of sp³-hybridized carbons (Fsp3) is 0.143. The number of carbonyl (C=O) groups excluding carboxylic acids is 2.